The van der Waals surface area contributed by atoms with Gasteiger partial charge in [0, 0.05) is 43.2 Å². The summed E-state index contributed by atoms with van der Waals surface area (Å²) in [5.41, 5.74) is 2.46. The van der Waals surface area contributed by atoms with Crippen LogP contribution in [0.25, 0.3) is 11.1 Å². The molecule has 0 radical (unpaired) electrons. The number of H-pyrrole nitrogens is 1. The molecule has 0 unspecified atom stereocenters. The highest BCUT2D eigenvalue weighted by atomic mass is 16.5. The standard InChI is InChI=1S/C34H32N4O7/c1-43-29-13-10-23-17-26(29)22-4-2-5-25(16-22)44-20-32(40)35-18-21-8-11-24(12-9-21)45-30-14-15-38(19-28(30)37-33(23)41)34(42)27-6-3-7-31(39)36-27/h2-13,16-17,28,30H,14-15,18-20H2,1H3,(H,35,40)(H,36,39)(H,37,41)/t28-,30-/m1/s1. The molecule has 3 aliphatic heterocycles. The molecule has 3 aromatic carbocycles. The molecular weight excluding hydrogens is 576 g/mol. The highest BCUT2D eigenvalue weighted by Crippen LogP contribution is 2.33. The van der Waals surface area contributed by atoms with E-state index in [1.54, 1.807) is 54.5 Å². The number of hydrogen-bond donors (Lipinski definition) is 3. The van der Waals surface area contributed by atoms with Crippen LogP contribution in [0.3, 0.4) is 0 Å². The van der Waals surface area contributed by atoms with E-state index >= 15 is 0 Å². The van der Waals surface area contributed by atoms with Gasteiger partial charge < -0.3 is 34.7 Å². The Bertz CT molecular complexity index is 1790. The molecule has 45 heavy (non-hydrogen) atoms. The number of nitrogens with one attached hydrogen (secondary N) is 3. The first-order valence-corrected chi connectivity index (χ1v) is 14.6. The lowest BCUT2D eigenvalue weighted by Gasteiger charge is -2.38. The van der Waals surface area contributed by atoms with Gasteiger partial charge in [0.1, 0.15) is 29.0 Å². The second kappa shape index (κ2) is 13.0. The smallest absolute Gasteiger partial charge is 0.270 e. The van der Waals surface area contributed by atoms with Crippen LogP contribution < -0.4 is 30.4 Å². The lowest BCUT2D eigenvalue weighted by atomic mass is 9.99. The van der Waals surface area contributed by atoms with Crippen LogP contribution in [-0.4, -0.2) is 66.6 Å². The monoisotopic (exact) mass is 608 g/mol. The Morgan fingerprint density at radius 2 is 1.73 bits per heavy atom. The van der Waals surface area contributed by atoms with Gasteiger partial charge in [-0.2, -0.15) is 0 Å². The third-order valence-electron chi connectivity index (χ3n) is 7.83. The van der Waals surface area contributed by atoms with Crippen molar-refractivity contribution >= 4 is 17.7 Å². The van der Waals surface area contributed by atoms with Crippen molar-refractivity contribution < 1.29 is 28.6 Å². The fourth-order valence-corrected chi connectivity index (χ4v) is 5.48. The van der Waals surface area contributed by atoms with Gasteiger partial charge in [0.05, 0.1) is 13.2 Å². The number of ether oxygens (including phenoxy) is 3. The van der Waals surface area contributed by atoms with Crippen molar-refractivity contribution in [1.82, 2.24) is 20.5 Å². The topological polar surface area (TPSA) is 139 Å². The van der Waals surface area contributed by atoms with Crippen LogP contribution in [0.2, 0.25) is 0 Å². The van der Waals surface area contributed by atoms with Crippen LogP contribution in [0, 0.1) is 0 Å². The largest absolute Gasteiger partial charge is 0.496 e. The summed E-state index contributed by atoms with van der Waals surface area (Å²) in [4.78, 5) is 55.6. The molecule has 1 fully saturated rings. The van der Waals surface area contributed by atoms with E-state index in [1.165, 1.54) is 12.1 Å². The number of carbonyl (C=O) groups excluding carboxylic acids is 3. The summed E-state index contributed by atoms with van der Waals surface area (Å²) >= 11 is 0. The van der Waals surface area contributed by atoms with Crippen LogP contribution in [0.1, 0.15) is 32.8 Å². The number of aromatic nitrogens is 1. The number of piperidine rings is 1. The van der Waals surface area contributed by atoms with Crippen molar-refractivity contribution in [1.29, 1.82) is 0 Å². The second-order valence-corrected chi connectivity index (χ2v) is 10.9. The summed E-state index contributed by atoms with van der Waals surface area (Å²) in [7, 11) is 1.55. The zero-order valence-corrected chi connectivity index (χ0v) is 24.6. The molecule has 0 aliphatic carbocycles. The Kier molecular flexibility index (Phi) is 8.50. The van der Waals surface area contributed by atoms with Gasteiger partial charge in [-0.05, 0) is 59.7 Å². The van der Waals surface area contributed by atoms with Crippen molar-refractivity contribution in [3.05, 3.63) is 112 Å². The zero-order chi connectivity index (χ0) is 31.3. The molecule has 1 aromatic heterocycles. The third kappa shape index (κ3) is 6.82. The number of amides is 3. The fraction of sp³-hybridized carbons (Fsp3) is 0.235. The first-order valence-electron chi connectivity index (χ1n) is 14.6. The Labute approximate surface area is 259 Å². The zero-order valence-electron chi connectivity index (χ0n) is 24.6. The Balaban J connectivity index is 1.34. The average molecular weight is 609 g/mol. The van der Waals surface area contributed by atoms with Gasteiger partial charge in [0.15, 0.2) is 6.61 Å². The van der Waals surface area contributed by atoms with E-state index < -0.39 is 12.1 Å². The Morgan fingerprint density at radius 3 is 2.53 bits per heavy atom. The van der Waals surface area contributed by atoms with Crippen molar-refractivity contribution in [3.8, 4) is 28.4 Å². The summed E-state index contributed by atoms with van der Waals surface area (Å²) in [6.45, 7) is 0.682. The number of pyridine rings is 1. The SMILES string of the molecule is COc1ccc2cc1-c1cccc(c1)OCC(=O)NCc1ccc(cc1)O[C@@H]1CCN(C(=O)c3cccc(=O)[nH]3)C[C@H]1NC2=O. The van der Waals surface area contributed by atoms with Gasteiger partial charge in [-0.1, -0.05) is 30.3 Å². The summed E-state index contributed by atoms with van der Waals surface area (Å²) in [6.07, 6.45) is -0.0119. The van der Waals surface area contributed by atoms with Gasteiger partial charge in [-0.3, -0.25) is 19.2 Å². The summed E-state index contributed by atoms with van der Waals surface area (Å²) in [5, 5.41) is 5.96. The number of carbonyl (C=O) groups is 3. The summed E-state index contributed by atoms with van der Waals surface area (Å²) in [5.74, 6) is 0.671. The summed E-state index contributed by atoms with van der Waals surface area (Å²) < 4.78 is 17.7. The molecule has 0 spiro atoms. The number of methoxy groups -OCH3 is 1. The molecule has 0 saturated carbocycles. The molecule has 230 valence electrons. The lowest BCUT2D eigenvalue weighted by Crippen LogP contribution is -2.58. The maximum atomic E-state index is 13.8. The number of hydrogen-bond acceptors (Lipinski definition) is 7. The van der Waals surface area contributed by atoms with Gasteiger partial charge >= 0.3 is 0 Å². The normalized spacial score (nSPS) is 18.4. The van der Waals surface area contributed by atoms with Gasteiger partial charge in [0.25, 0.3) is 17.7 Å². The Hall–Kier alpha value is -5.58. The van der Waals surface area contributed by atoms with E-state index in [9.17, 15) is 19.2 Å². The maximum absolute atomic E-state index is 13.8. The van der Waals surface area contributed by atoms with E-state index in [4.69, 9.17) is 14.2 Å². The lowest BCUT2D eigenvalue weighted by molar-refractivity contribution is -0.123. The molecule has 4 aromatic rings. The molecule has 3 aliphatic rings. The van der Waals surface area contributed by atoms with E-state index in [0.717, 1.165) is 11.1 Å². The molecular formula is C34H32N4O7. The predicted molar refractivity (Wildman–Crippen MR) is 165 cm³/mol. The van der Waals surface area contributed by atoms with Crippen molar-refractivity contribution in [2.45, 2.75) is 25.1 Å². The quantitative estimate of drug-likeness (QED) is 0.318. The predicted octanol–water partition coefficient (Wildman–Crippen LogP) is 3.15. The van der Waals surface area contributed by atoms with Crippen LogP contribution in [0.15, 0.2) is 89.7 Å². The van der Waals surface area contributed by atoms with E-state index in [0.29, 0.717) is 47.9 Å². The number of fused-ring (bicyclic) bond motifs is 7. The molecule has 11 heteroatoms. The first-order chi connectivity index (χ1) is 21.9. The fourth-order valence-electron chi connectivity index (χ4n) is 5.48. The van der Waals surface area contributed by atoms with E-state index in [2.05, 4.69) is 15.6 Å². The molecule has 4 heterocycles. The molecule has 6 bridgehead atoms. The molecule has 11 nitrogen and oxygen atoms in total. The van der Waals surface area contributed by atoms with Crippen LogP contribution in [-0.2, 0) is 11.3 Å². The molecule has 7 rings (SSSR count). The molecule has 1 saturated heterocycles. The molecule has 3 N–H and O–H groups in total. The summed E-state index contributed by atoms with van der Waals surface area (Å²) in [6, 6.07) is 23.5. The number of rotatable bonds is 2. The van der Waals surface area contributed by atoms with Crippen molar-refractivity contribution in [2.24, 2.45) is 0 Å². The molecule has 2 atom stereocenters. The van der Waals surface area contributed by atoms with E-state index in [-0.39, 0.29) is 42.1 Å². The first kappa shape index (κ1) is 29.5. The number of nitrogens with zero attached hydrogens (tertiary/aromatic N) is 1. The van der Waals surface area contributed by atoms with Crippen molar-refractivity contribution in [3.63, 3.8) is 0 Å². The van der Waals surface area contributed by atoms with Crippen LogP contribution in [0.4, 0.5) is 0 Å². The van der Waals surface area contributed by atoms with Gasteiger partial charge in [-0.15, -0.1) is 0 Å². The Morgan fingerprint density at radius 1 is 0.911 bits per heavy atom. The van der Waals surface area contributed by atoms with Crippen molar-refractivity contribution in [2.75, 3.05) is 26.8 Å². The number of benzene rings is 3. The van der Waals surface area contributed by atoms with E-state index in [1.807, 2.05) is 30.3 Å². The maximum Gasteiger partial charge on any atom is 0.270 e. The third-order valence-corrected chi connectivity index (χ3v) is 7.83. The van der Waals surface area contributed by atoms with Gasteiger partial charge in [-0.25, -0.2) is 0 Å². The second-order valence-electron chi connectivity index (χ2n) is 10.9. The minimum atomic E-state index is -0.572. The number of likely N-dealkylation sites (tertiary alicyclic amines) is 1. The highest BCUT2D eigenvalue weighted by molar-refractivity contribution is 5.97. The highest BCUT2D eigenvalue weighted by Gasteiger charge is 2.35. The minimum absolute atomic E-state index is 0.160. The van der Waals surface area contributed by atoms with Crippen LogP contribution in [0.5, 0.6) is 17.2 Å². The van der Waals surface area contributed by atoms with Crippen LogP contribution >= 0.6 is 0 Å². The van der Waals surface area contributed by atoms with Gasteiger partial charge in [0.2, 0.25) is 5.56 Å². The molecule has 3 amide bonds. The number of aromatic amines is 1. The average Bonchev–Trinajstić information content (AvgIpc) is 3.07. The minimum Gasteiger partial charge on any atom is -0.496 e.